The molecule has 0 aliphatic carbocycles. The molecule has 0 unspecified atom stereocenters. The SMILES string of the molecule is N#CCc1cnc(F)c(-c2cc(Cl)cc(Cl)c2)c1. The summed E-state index contributed by atoms with van der Waals surface area (Å²) >= 11 is 11.7. The van der Waals surface area contributed by atoms with E-state index in [1.165, 1.54) is 6.20 Å². The summed E-state index contributed by atoms with van der Waals surface area (Å²) in [5.41, 5.74) is 1.47. The van der Waals surface area contributed by atoms with Crippen LogP contribution in [0.2, 0.25) is 10.0 Å². The molecule has 0 amide bonds. The van der Waals surface area contributed by atoms with Crippen molar-refractivity contribution in [3.8, 4) is 17.2 Å². The Kier molecular flexibility index (Phi) is 3.81. The van der Waals surface area contributed by atoms with Gasteiger partial charge in [0.15, 0.2) is 0 Å². The molecule has 0 aliphatic heterocycles. The molecule has 0 saturated carbocycles. The summed E-state index contributed by atoms with van der Waals surface area (Å²) in [7, 11) is 0. The summed E-state index contributed by atoms with van der Waals surface area (Å²) in [6.45, 7) is 0. The average molecular weight is 281 g/mol. The average Bonchev–Trinajstić information content (AvgIpc) is 2.30. The molecule has 0 N–H and O–H groups in total. The van der Waals surface area contributed by atoms with Gasteiger partial charge in [0.2, 0.25) is 5.95 Å². The first-order valence-corrected chi connectivity index (χ1v) is 5.83. The van der Waals surface area contributed by atoms with Crippen LogP contribution >= 0.6 is 23.2 Å². The minimum atomic E-state index is -0.616. The van der Waals surface area contributed by atoms with Gasteiger partial charge in [-0.1, -0.05) is 23.2 Å². The van der Waals surface area contributed by atoms with Crippen LogP contribution in [-0.2, 0) is 6.42 Å². The van der Waals surface area contributed by atoms with Crippen molar-refractivity contribution in [2.45, 2.75) is 6.42 Å². The zero-order valence-electron chi connectivity index (χ0n) is 9.12. The second-order valence-electron chi connectivity index (χ2n) is 3.67. The number of benzene rings is 1. The van der Waals surface area contributed by atoms with Gasteiger partial charge in [-0.3, -0.25) is 0 Å². The maximum atomic E-state index is 13.7. The van der Waals surface area contributed by atoms with Gasteiger partial charge in [0.05, 0.1) is 12.5 Å². The molecule has 18 heavy (non-hydrogen) atoms. The van der Waals surface area contributed by atoms with E-state index in [1.54, 1.807) is 24.3 Å². The Hall–Kier alpha value is -1.63. The monoisotopic (exact) mass is 280 g/mol. The number of nitriles is 1. The van der Waals surface area contributed by atoms with E-state index < -0.39 is 5.95 Å². The van der Waals surface area contributed by atoms with Gasteiger partial charge in [-0.25, -0.2) is 4.98 Å². The van der Waals surface area contributed by atoms with E-state index in [1.807, 2.05) is 6.07 Å². The van der Waals surface area contributed by atoms with Crippen molar-refractivity contribution in [2.75, 3.05) is 0 Å². The number of halogens is 3. The molecular formula is C13H7Cl2FN2. The zero-order valence-corrected chi connectivity index (χ0v) is 10.6. The Labute approximate surface area is 114 Å². The largest absolute Gasteiger partial charge is 0.227 e. The highest BCUT2D eigenvalue weighted by atomic mass is 35.5. The lowest BCUT2D eigenvalue weighted by Gasteiger charge is -2.06. The predicted molar refractivity (Wildman–Crippen MR) is 69.0 cm³/mol. The summed E-state index contributed by atoms with van der Waals surface area (Å²) in [6, 6.07) is 8.34. The fraction of sp³-hybridized carbons (Fsp3) is 0.0769. The highest BCUT2D eigenvalue weighted by Gasteiger charge is 2.09. The number of pyridine rings is 1. The molecule has 0 fully saturated rings. The first kappa shape index (κ1) is 12.8. The van der Waals surface area contributed by atoms with E-state index in [9.17, 15) is 4.39 Å². The fourth-order valence-corrected chi connectivity index (χ4v) is 2.12. The summed E-state index contributed by atoms with van der Waals surface area (Å²) < 4.78 is 13.7. The number of hydrogen-bond donors (Lipinski definition) is 0. The molecule has 0 atom stereocenters. The standard InChI is InChI=1S/C13H7Cl2FN2/c14-10-4-9(5-11(15)6-10)12-3-8(1-2-17)7-18-13(12)16/h3-7H,1H2. The van der Waals surface area contributed by atoms with Crippen molar-refractivity contribution in [3.05, 3.63) is 52.0 Å². The Morgan fingerprint density at radius 1 is 1.17 bits per heavy atom. The third-order valence-corrected chi connectivity index (χ3v) is 2.79. The quantitative estimate of drug-likeness (QED) is 0.771. The predicted octanol–water partition coefficient (Wildman–Crippen LogP) is 4.26. The van der Waals surface area contributed by atoms with E-state index in [0.29, 0.717) is 21.2 Å². The summed E-state index contributed by atoms with van der Waals surface area (Å²) in [5, 5.41) is 9.46. The summed E-state index contributed by atoms with van der Waals surface area (Å²) in [6.07, 6.45) is 1.52. The van der Waals surface area contributed by atoms with Crippen LogP contribution in [0.3, 0.4) is 0 Å². The maximum Gasteiger partial charge on any atom is 0.220 e. The van der Waals surface area contributed by atoms with Crippen LogP contribution in [0.25, 0.3) is 11.1 Å². The number of aromatic nitrogens is 1. The minimum Gasteiger partial charge on any atom is -0.227 e. The van der Waals surface area contributed by atoms with E-state index in [4.69, 9.17) is 28.5 Å². The van der Waals surface area contributed by atoms with E-state index in [2.05, 4.69) is 4.98 Å². The summed E-state index contributed by atoms with van der Waals surface area (Å²) in [4.78, 5) is 3.63. The molecule has 90 valence electrons. The Bertz CT molecular complexity index is 615. The second kappa shape index (κ2) is 5.34. The molecule has 1 aromatic heterocycles. The van der Waals surface area contributed by atoms with Crippen molar-refractivity contribution in [2.24, 2.45) is 0 Å². The Morgan fingerprint density at radius 2 is 1.83 bits per heavy atom. The molecule has 0 saturated heterocycles. The van der Waals surface area contributed by atoms with Gasteiger partial charge >= 0.3 is 0 Å². The Balaban J connectivity index is 2.55. The normalized spacial score (nSPS) is 10.1. The van der Waals surface area contributed by atoms with Gasteiger partial charge in [0.25, 0.3) is 0 Å². The van der Waals surface area contributed by atoms with Crippen LogP contribution in [0.1, 0.15) is 5.56 Å². The van der Waals surface area contributed by atoms with E-state index >= 15 is 0 Å². The maximum absolute atomic E-state index is 13.7. The molecular weight excluding hydrogens is 274 g/mol. The number of hydrogen-bond acceptors (Lipinski definition) is 2. The first-order chi connectivity index (χ1) is 8.60. The van der Waals surface area contributed by atoms with Crippen molar-refractivity contribution >= 4 is 23.2 Å². The van der Waals surface area contributed by atoms with Crippen LogP contribution in [0.4, 0.5) is 4.39 Å². The van der Waals surface area contributed by atoms with Gasteiger partial charge in [-0.2, -0.15) is 9.65 Å². The van der Waals surface area contributed by atoms with Crippen LogP contribution < -0.4 is 0 Å². The lowest BCUT2D eigenvalue weighted by atomic mass is 10.0. The molecule has 1 heterocycles. The van der Waals surface area contributed by atoms with E-state index in [-0.39, 0.29) is 12.0 Å². The van der Waals surface area contributed by atoms with Gasteiger partial charge in [0.1, 0.15) is 0 Å². The smallest absolute Gasteiger partial charge is 0.220 e. The van der Waals surface area contributed by atoms with Crippen LogP contribution in [0.5, 0.6) is 0 Å². The molecule has 1 aromatic carbocycles. The van der Waals surface area contributed by atoms with Crippen LogP contribution in [0, 0.1) is 17.3 Å². The molecule has 2 aromatic rings. The highest BCUT2D eigenvalue weighted by molar-refractivity contribution is 6.35. The minimum absolute atomic E-state index is 0.175. The zero-order chi connectivity index (χ0) is 13.1. The third kappa shape index (κ3) is 2.79. The van der Waals surface area contributed by atoms with Gasteiger partial charge in [-0.15, -0.1) is 0 Å². The van der Waals surface area contributed by atoms with Gasteiger partial charge < -0.3 is 0 Å². The topological polar surface area (TPSA) is 36.7 Å². The van der Waals surface area contributed by atoms with Gasteiger partial charge in [0, 0.05) is 21.8 Å². The number of rotatable bonds is 2. The highest BCUT2D eigenvalue weighted by Crippen LogP contribution is 2.28. The molecule has 0 radical (unpaired) electrons. The van der Waals surface area contributed by atoms with Crippen molar-refractivity contribution in [3.63, 3.8) is 0 Å². The first-order valence-electron chi connectivity index (χ1n) is 5.08. The molecule has 2 nitrogen and oxygen atoms in total. The van der Waals surface area contributed by atoms with Crippen molar-refractivity contribution in [1.82, 2.24) is 4.98 Å². The second-order valence-corrected chi connectivity index (χ2v) is 4.55. The van der Waals surface area contributed by atoms with Crippen molar-refractivity contribution in [1.29, 1.82) is 5.26 Å². The molecule has 2 rings (SSSR count). The molecule has 0 aliphatic rings. The summed E-state index contributed by atoms with van der Waals surface area (Å²) in [5.74, 6) is -0.616. The Morgan fingerprint density at radius 3 is 2.44 bits per heavy atom. The fourth-order valence-electron chi connectivity index (χ4n) is 1.59. The van der Waals surface area contributed by atoms with E-state index in [0.717, 1.165) is 0 Å². The molecule has 0 spiro atoms. The van der Waals surface area contributed by atoms with Crippen LogP contribution in [0.15, 0.2) is 30.5 Å². The third-order valence-electron chi connectivity index (χ3n) is 2.35. The lowest BCUT2D eigenvalue weighted by molar-refractivity contribution is 0.586. The van der Waals surface area contributed by atoms with Crippen molar-refractivity contribution < 1.29 is 4.39 Å². The molecule has 5 heteroatoms. The van der Waals surface area contributed by atoms with Crippen LogP contribution in [-0.4, -0.2) is 4.98 Å². The van der Waals surface area contributed by atoms with Gasteiger partial charge in [-0.05, 0) is 35.4 Å². The lowest BCUT2D eigenvalue weighted by Crippen LogP contribution is -1.93. The molecule has 0 bridgehead atoms. The number of nitrogens with zero attached hydrogens (tertiary/aromatic N) is 2.